The molecule has 0 bridgehead atoms. The van der Waals surface area contributed by atoms with Gasteiger partial charge >= 0.3 is 0 Å². The molecule has 94 valence electrons. The van der Waals surface area contributed by atoms with Gasteiger partial charge in [-0.05, 0) is 57.4 Å². The third-order valence-corrected chi connectivity index (χ3v) is 3.72. The standard InChI is InChI=1S/C14H23N3/c1-10(2)17-7-5-6-13(17)12-9-16-14(15-4)8-11(12)3/h8-10,13H,5-7H2,1-4H3,(H,15,16)/t13-/m1/s1. The van der Waals surface area contributed by atoms with Crippen molar-refractivity contribution in [3.8, 4) is 0 Å². The van der Waals surface area contributed by atoms with Gasteiger partial charge in [0.25, 0.3) is 0 Å². The number of nitrogens with zero attached hydrogens (tertiary/aromatic N) is 2. The van der Waals surface area contributed by atoms with Crippen LogP contribution in [-0.2, 0) is 0 Å². The highest BCUT2D eigenvalue weighted by Crippen LogP contribution is 2.35. The summed E-state index contributed by atoms with van der Waals surface area (Å²) in [5, 5.41) is 3.09. The Balaban J connectivity index is 2.27. The van der Waals surface area contributed by atoms with E-state index >= 15 is 0 Å². The minimum atomic E-state index is 0.563. The second-order valence-electron chi connectivity index (χ2n) is 5.17. The van der Waals surface area contributed by atoms with Crippen LogP contribution in [0.1, 0.15) is 43.9 Å². The highest BCUT2D eigenvalue weighted by molar-refractivity contribution is 5.41. The Morgan fingerprint density at radius 2 is 2.24 bits per heavy atom. The Hall–Kier alpha value is -1.09. The first-order valence-electron chi connectivity index (χ1n) is 6.53. The number of nitrogens with one attached hydrogen (secondary N) is 1. The van der Waals surface area contributed by atoms with Crippen LogP contribution in [0.2, 0.25) is 0 Å². The second kappa shape index (κ2) is 5.05. The largest absolute Gasteiger partial charge is 0.373 e. The lowest BCUT2D eigenvalue weighted by atomic mass is 10.0. The van der Waals surface area contributed by atoms with Crippen LogP contribution in [0.25, 0.3) is 0 Å². The Morgan fingerprint density at radius 1 is 1.47 bits per heavy atom. The molecule has 0 spiro atoms. The van der Waals surface area contributed by atoms with Gasteiger partial charge in [-0.2, -0.15) is 0 Å². The zero-order valence-corrected chi connectivity index (χ0v) is 11.3. The molecule has 0 aromatic carbocycles. The Morgan fingerprint density at radius 3 is 2.82 bits per heavy atom. The fraction of sp³-hybridized carbons (Fsp3) is 0.643. The molecule has 1 aliphatic rings. The number of pyridine rings is 1. The summed E-state index contributed by atoms with van der Waals surface area (Å²) in [6.07, 6.45) is 4.61. The molecule has 3 heteroatoms. The molecule has 0 amide bonds. The zero-order valence-electron chi connectivity index (χ0n) is 11.3. The van der Waals surface area contributed by atoms with Gasteiger partial charge in [-0.25, -0.2) is 4.98 Å². The minimum Gasteiger partial charge on any atom is -0.373 e. The molecule has 0 unspecified atom stereocenters. The van der Waals surface area contributed by atoms with Crippen molar-refractivity contribution in [1.82, 2.24) is 9.88 Å². The fourth-order valence-electron chi connectivity index (χ4n) is 2.79. The van der Waals surface area contributed by atoms with E-state index in [0.29, 0.717) is 12.1 Å². The molecule has 1 atom stereocenters. The topological polar surface area (TPSA) is 28.2 Å². The van der Waals surface area contributed by atoms with E-state index in [0.717, 1.165) is 5.82 Å². The number of likely N-dealkylation sites (tertiary alicyclic amines) is 1. The average Bonchev–Trinajstić information content (AvgIpc) is 2.77. The van der Waals surface area contributed by atoms with Gasteiger partial charge in [-0.15, -0.1) is 0 Å². The van der Waals surface area contributed by atoms with E-state index in [4.69, 9.17) is 0 Å². The number of aromatic nitrogens is 1. The first-order valence-corrected chi connectivity index (χ1v) is 6.53. The van der Waals surface area contributed by atoms with Crippen molar-refractivity contribution in [2.45, 2.75) is 45.7 Å². The summed E-state index contributed by atoms with van der Waals surface area (Å²) in [4.78, 5) is 7.04. The Kier molecular flexibility index (Phi) is 3.67. The summed E-state index contributed by atoms with van der Waals surface area (Å²) in [5.41, 5.74) is 2.75. The lowest BCUT2D eigenvalue weighted by Crippen LogP contribution is -2.30. The van der Waals surface area contributed by atoms with Crippen molar-refractivity contribution in [1.29, 1.82) is 0 Å². The van der Waals surface area contributed by atoms with E-state index in [2.05, 4.69) is 42.0 Å². The van der Waals surface area contributed by atoms with Gasteiger partial charge in [-0.1, -0.05) is 0 Å². The molecule has 1 aliphatic heterocycles. The van der Waals surface area contributed by atoms with Crippen molar-refractivity contribution in [2.24, 2.45) is 0 Å². The molecule has 0 saturated carbocycles. The minimum absolute atomic E-state index is 0.563. The average molecular weight is 233 g/mol. The quantitative estimate of drug-likeness (QED) is 0.870. The second-order valence-corrected chi connectivity index (χ2v) is 5.17. The molecule has 17 heavy (non-hydrogen) atoms. The normalized spacial score (nSPS) is 21.1. The highest BCUT2D eigenvalue weighted by Gasteiger charge is 2.28. The van der Waals surface area contributed by atoms with Crippen LogP contribution >= 0.6 is 0 Å². The molecule has 1 aromatic rings. The van der Waals surface area contributed by atoms with Gasteiger partial charge in [0.15, 0.2) is 0 Å². The summed E-state index contributed by atoms with van der Waals surface area (Å²) in [7, 11) is 1.91. The van der Waals surface area contributed by atoms with Gasteiger partial charge < -0.3 is 5.32 Å². The molecule has 1 fully saturated rings. The van der Waals surface area contributed by atoms with Crippen molar-refractivity contribution < 1.29 is 0 Å². The lowest BCUT2D eigenvalue weighted by Gasteiger charge is -2.29. The van der Waals surface area contributed by atoms with E-state index in [1.54, 1.807) is 0 Å². The third kappa shape index (κ3) is 2.44. The maximum Gasteiger partial charge on any atom is 0.125 e. The maximum atomic E-state index is 4.46. The van der Waals surface area contributed by atoms with Crippen LogP contribution in [0.5, 0.6) is 0 Å². The molecule has 2 rings (SSSR count). The van der Waals surface area contributed by atoms with Crippen LogP contribution < -0.4 is 5.32 Å². The number of hydrogen-bond donors (Lipinski definition) is 1. The zero-order chi connectivity index (χ0) is 12.4. The molecular formula is C14H23N3. The predicted molar refractivity (Wildman–Crippen MR) is 72.3 cm³/mol. The Labute approximate surface area is 104 Å². The molecule has 3 nitrogen and oxygen atoms in total. The van der Waals surface area contributed by atoms with Crippen LogP contribution in [0.15, 0.2) is 12.3 Å². The van der Waals surface area contributed by atoms with Gasteiger partial charge in [0.05, 0.1) is 0 Å². The number of rotatable bonds is 3. The van der Waals surface area contributed by atoms with Crippen LogP contribution in [0, 0.1) is 6.92 Å². The number of aryl methyl sites for hydroxylation is 1. The van der Waals surface area contributed by atoms with Gasteiger partial charge in [-0.3, -0.25) is 4.90 Å². The van der Waals surface area contributed by atoms with Crippen LogP contribution in [-0.4, -0.2) is 29.5 Å². The van der Waals surface area contributed by atoms with E-state index in [9.17, 15) is 0 Å². The number of anilines is 1. The molecular weight excluding hydrogens is 210 g/mol. The van der Waals surface area contributed by atoms with Crippen molar-refractivity contribution in [2.75, 3.05) is 18.9 Å². The smallest absolute Gasteiger partial charge is 0.125 e. The highest BCUT2D eigenvalue weighted by atomic mass is 15.2. The molecule has 0 aliphatic carbocycles. The first kappa shape index (κ1) is 12.4. The van der Waals surface area contributed by atoms with Gasteiger partial charge in [0, 0.05) is 25.3 Å². The molecule has 1 aromatic heterocycles. The van der Waals surface area contributed by atoms with Crippen molar-refractivity contribution in [3.05, 3.63) is 23.4 Å². The SMILES string of the molecule is CNc1cc(C)c([C@H]2CCCN2C(C)C)cn1. The Bertz CT molecular complexity index is 387. The van der Waals surface area contributed by atoms with E-state index in [-0.39, 0.29) is 0 Å². The summed E-state index contributed by atoms with van der Waals surface area (Å²) < 4.78 is 0. The summed E-state index contributed by atoms with van der Waals surface area (Å²) in [6, 6.07) is 3.32. The summed E-state index contributed by atoms with van der Waals surface area (Å²) in [6.45, 7) is 7.97. The number of hydrogen-bond acceptors (Lipinski definition) is 3. The molecule has 2 heterocycles. The van der Waals surface area contributed by atoms with Crippen molar-refractivity contribution >= 4 is 5.82 Å². The van der Waals surface area contributed by atoms with Gasteiger partial charge in [0.1, 0.15) is 5.82 Å². The van der Waals surface area contributed by atoms with Crippen LogP contribution in [0.3, 0.4) is 0 Å². The summed E-state index contributed by atoms with van der Waals surface area (Å²) >= 11 is 0. The summed E-state index contributed by atoms with van der Waals surface area (Å²) in [5.74, 6) is 0.959. The van der Waals surface area contributed by atoms with E-state index in [1.807, 2.05) is 13.2 Å². The van der Waals surface area contributed by atoms with Crippen molar-refractivity contribution in [3.63, 3.8) is 0 Å². The monoisotopic (exact) mass is 233 g/mol. The van der Waals surface area contributed by atoms with Gasteiger partial charge in [0.2, 0.25) is 0 Å². The third-order valence-electron chi connectivity index (χ3n) is 3.72. The fourth-order valence-corrected chi connectivity index (χ4v) is 2.79. The van der Waals surface area contributed by atoms with Crippen LogP contribution in [0.4, 0.5) is 5.82 Å². The predicted octanol–water partition coefficient (Wildman–Crippen LogP) is 2.98. The molecule has 0 radical (unpaired) electrons. The lowest BCUT2D eigenvalue weighted by molar-refractivity contribution is 0.205. The van der Waals surface area contributed by atoms with E-state index < -0.39 is 0 Å². The first-order chi connectivity index (χ1) is 8.13. The maximum absolute atomic E-state index is 4.46. The molecule has 1 saturated heterocycles. The van der Waals surface area contributed by atoms with E-state index in [1.165, 1.54) is 30.5 Å². The molecule has 1 N–H and O–H groups in total.